The number of ketones is 1. The number of carbonyl (C=O) groups excluding carboxylic acids is 1. The molecule has 1 aromatic carbocycles. The number of aromatic nitrogens is 2. The van der Waals surface area contributed by atoms with Gasteiger partial charge < -0.3 is 15.6 Å². The molecule has 0 spiro atoms. The first-order valence-electron chi connectivity index (χ1n) is 11.3. The van der Waals surface area contributed by atoms with Gasteiger partial charge >= 0.3 is 0 Å². The van der Waals surface area contributed by atoms with Crippen LogP contribution in [0.1, 0.15) is 47.3 Å². The number of pyridine rings is 2. The van der Waals surface area contributed by atoms with Crippen LogP contribution < -0.4 is 10.5 Å². The van der Waals surface area contributed by atoms with E-state index in [0.717, 1.165) is 23.8 Å². The van der Waals surface area contributed by atoms with Crippen molar-refractivity contribution in [2.45, 2.75) is 44.2 Å². The second kappa shape index (κ2) is 10.1. The Bertz CT molecular complexity index is 1220. The van der Waals surface area contributed by atoms with E-state index in [1.807, 2.05) is 13.0 Å². The van der Waals surface area contributed by atoms with Gasteiger partial charge in [0.2, 0.25) is 0 Å². The van der Waals surface area contributed by atoms with Crippen LogP contribution in [0.4, 0.5) is 13.2 Å². The molecule has 1 aliphatic rings. The molecule has 6 nitrogen and oxygen atoms in total. The van der Waals surface area contributed by atoms with Crippen LogP contribution in [0.15, 0.2) is 42.7 Å². The van der Waals surface area contributed by atoms with Gasteiger partial charge in [-0.3, -0.25) is 9.78 Å². The standard InChI is InChI=1S/C26H26F3N3O3/c1-13-7-14(8-21(30)26(13)34)17-5-6-31-12-15(17)9-23(33)22-4-3-18(27)25(32-22)24-19(28)10-16(35-2)11-20(24)29/h3-6,10-14,21,26,34H,7-9,30H2,1-2H3/t13-,14+,21+,26-/m0/s1. The van der Waals surface area contributed by atoms with Gasteiger partial charge in [0.15, 0.2) is 5.78 Å². The molecule has 3 aromatic rings. The number of ether oxygens (including phenoxy) is 1. The summed E-state index contributed by atoms with van der Waals surface area (Å²) in [4.78, 5) is 21.2. The summed E-state index contributed by atoms with van der Waals surface area (Å²) in [7, 11) is 1.25. The van der Waals surface area contributed by atoms with Crippen LogP contribution in [0.25, 0.3) is 11.3 Å². The van der Waals surface area contributed by atoms with Crippen LogP contribution in [0, 0.1) is 23.4 Å². The number of benzene rings is 1. The monoisotopic (exact) mass is 485 g/mol. The van der Waals surface area contributed by atoms with Gasteiger partial charge in [-0.05, 0) is 54.0 Å². The molecule has 1 saturated carbocycles. The van der Waals surface area contributed by atoms with Crippen molar-refractivity contribution in [1.29, 1.82) is 0 Å². The van der Waals surface area contributed by atoms with Crippen LogP contribution in [-0.2, 0) is 6.42 Å². The first-order valence-corrected chi connectivity index (χ1v) is 11.3. The zero-order chi connectivity index (χ0) is 25.3. The van der Waals surface area contributed by atoms with E-state index in [0.29, 0.717) is 18.4 Å². The third kappa shape index (κ3) is 5.06. The number of carbonyl (C=O) groups is 1. The largest absolute Gasteiger partial charge is 0.497 e. The number of rotatable bonds is 6. The number of hydrogen-bond donors (Lipinski definition) is 2. The first-order chi connectivity index (χ1) is 16.7. The topological polar surface area (TPSA) is 98.3 Å². The van der Waals surface area contributed by atoms with Gasteiger partial charge in [-0.2, -0.15) is 0 Å². The van der Waals surface area contributed by atoms with Crippen molar-refractivity contribution in [2.75, 3.05) is 7.11 Å². The molecule has 0 amide bonds. The maximum absolute atomic E-state index is 14.5. The molecule has 2 aromatic heterocycles. The Balaban J connectivity index is 1.64. The van der Waals surface area contributed by atoms with Gasteiger partial charge in [0, 0.05) is 37.0 Å². The first kappa shape index (κ1) is 24.8. The average Bonchev–Trinajstić information content (AvgIpc) is 2.83. The van der Waals surface area contributed by atoms with Gasteiger partial charge in [-0.15, -0.1) is 0 Å². The van der Waals surface area contributed by atoms with Crippen molar-refractivity contribution >= 4 is 5.78 Å². The highest BCUT2D eigenvalue weighted by atomic mass is 19.1. The second-order valence-corrected chi connectivity index (χ2v) is 8.97. The summed E-state index contributed by atoms with van der Waals surface area (Å²) < 4.78 is 48.4. The van der Waals surface area contributed by atoms with E-state index in [1.54, 1.807) is 12.4 Å². The Morgan fingerprint density at radius 3 is 2.51 bits per heavy atom. The number of hydrogen-bond acceptors (Lipinski definition) is 6. The van der Waals surface area contributed by atoms with Crippen molar-refractivity contribution in [3.63, 3.8) is 0 Å². The zero-order valence-corrected chi connectivity index (χ0v) is 19.3. The highest BCUT2D eigenvalue weighted by Crippen LogP contribution is 2.37. The normalized spacial score (nSPS) is 22.1. The Morgan fingerprint density at radius 1 is 1.14 bits per heavy atom. The molecule has 2 heterocycles. The van der Waals surface area contributed by atoms with E-state index in [9.17, 15) is 23.1 Å². The summed E-state index contributed by atoms with van der Waals surface area (Å²) in [5, 5.41) is 10.2. The fourth-order valence-corrected chi connectivity index (χ4v) is 4.74. The molecule has 4 rings (SSSR count). The molecular weight excluding hydrogens is 459 g/mol. The van der Waals surface area contributed by atoms with Crippen molar-refractivity contribution in [2.24, 2.45) is 11.7 Å². The van der Waals surface area contributed by atoms with Crippen LogP contribution in [0.3, 0.4) is 0 Å². The molecule has 0 bridgehead atoms. The van der Waals surface area contributed by atoms with Crippen LogP contribution >= 0.6 is 0 Å². The van der Waals surface area contributed by atoms with Gasteiger partial charge in [0.25, 0.3) is 0 Å². The molecule has 1 aliphatic carbocycles. The van der Waals surface area contributed by atoms with Crippen LogP contribution in [-0.4, -0.2) is 40.1 Å². The van der Waals surface area contributed by atoms with E-state index in [4.69, 9.17) is 10.5 Å². The number of halogens is 3. The minimum Gasteiger partial charge on any atom is -0.497 e. The Hall–Kier alpha value is -3.30. The highest BCUT2D eigenvalue weighted by Gasteiger charge is 2.34. The predicted molar refractivity (Wildman–Crippen MR) is 123 cm³/mol. The molecule has 184 valence electrons. The maximum Gasteiger partial charge on any atom is 0.185 e. The fourth-order valence-electron chi connectivity index (χ4n) is 4.74. The van der Waals surface area contributed by atoms with Crippen molar-refractivity contribution in [3.8, 4) is 17.0 Å². The van der Waals surface area contributed by atoms with E-state index < -0.39 is 40.6 Å². The molecule has 0 radical (unpaired) electrons. The fraction of sp³-hybridized carbons (Fsp3) is 0.346. The summed E-state index contributed by atoms with van der Waals surface area (Å²) in [6.07, 6.45) is 3.81. The number of methoxy groups -OCH3 is 1. The van der Waals surface area contributed by atoms with E-state index in [2.05, 4.69) is 9.97 Å². The summed E-state index contributed by atoms with van der Waals surface area (Å²) >= 11 is 0. The van der Waals surface area contributed by atoms with Crippen molar-refractivity contribution in [1.82, 2.24) is 9.97 Å². The summed E-state index contributed by atoms with van der Waals surface area (Å²) in [5.74, 6) is -3.57. The van der Waals surface area contributed by atoms with Gasteiger partial charge in [0.05, 0.1) is 18.8 Å². The lowest BCUT2D eigenvalue weighted by Crippen LogP contribution is -2.44. The Morgan fingerprint density at radius 2 is 1.86 bits per heavy atom. The number of nitrogens with two attached hydrogens (primary N) is 1. The average molecular weight is 486 g/mol. The van der Waals surface area contributed by atoms with Gasteiger partial charge in [-0.25, -0.2) is 18.2 Å². The molecule has 1 fully saturated rings. The third-order valence-corrected chi connectivity index (χ3v) is 6.59. The molecular formula is C26H26F3N3O3. The Labute approximate surface area is 201 Å². The lowest BCUT2D eigenvalue weighted by molar-refractivity contribution is 0.0519. The third-order valence-electron chi connectivity index (χ3n) is 6.59. The number of nitrogens with zero attached hydrogens (tertiary/aromatic N) is 2. The lowest BCUT2D eigenvalue weighted by Gasteiger charge is -2.36. The molecule has 0 aliphatic heterocycles. The predicted octanol–water partition coefficient (Wildman–Crippen LogP) is 4.20. The quantitative estimate of drug-likeness (QED) is 0.508. The summed E-state index contributed by atoms with van der Waals surface area (Å²) in [6, 6.07) is 5.44. The van der Waals surface area contributed by atoms with E-state index >= 15 is 0 Å². The highest BCUT2D eigenvalue weighted by molar-refractivity contribution is 5.96. The second-order valence-electron chi connectivity index (χ2n) is 8.97. The van der Waals surface area contributed by atoms with Crippen molar-refractivity contribution < 1.29 is 27.8 Å². The van der Waals surface area contributed by atoms with Gasteiger partial charge in [-0.1, -0.05) is 6.92 Å². The van der Waals surface area contributed by atoms with Gasteiger partial charge in [0.1, 0.15) is 34.6 Å². The lowest BCUT2D eigenvalue weighted by atomic mass is 9.74. The molecule has 0 unspecified atom stereocenters. The zero-order valence-electron chi connectivity index (χ0n) is 19.3. The molecule has 0 saturated heterocycles. The molecule has 35 heavy (non-hydrogen) atoms. The maximum atomic E-state index is 14.5. The molecule has 4 atom stereocenters. The smallest absolute Gasteiger partial charge is 0.185 e. The van der Waals surface area contributed by atoms with E-state index in [1.165, 1.54) is 13.2 Å². The number of aliphatic hydroxyl groups is 1. The molecule has 3 N–H and O–H groups in total. The van der Waals surface area contributed by atoms with E-state index in [-0.39, 0.29) is 35.7 Å². The minimum atomic E-state index is -1.06. The Kier molecular flexibility index (Phi) is 7.18. The summed E-state index contributed by atoms with van der Waals surface area (Å²) in [5.41, 5.74) is 6.28. The minimum absolute atomic E-state index is 0.00363. The number of aliphatic hydroxyl groups excluding tert-OH is 1. The SMILES string of the molecule is COc1cc(F)c(-c2nc(C(=O)Cc3cnccc3[C@H]3C[C@@H](N)[C@@H](O)[C@@H](C)C3)ccc2F)c(F)c1. The number of Topliss-reactive ketones (excluding diaryl/α,β-unsaturated/α-hetero) is 1. The van der Waals surface area contributed by atoms with Crippen LogP contribution in [0.5, 0.6) is 5.75 Å². The van der Waals surface area contributed by atoms with Crippen molar-refractivity contribution in [3.05, 3.63) is 77.0 Å². The summed E-state index contributed by atoms with van der Waals surface area (Å²) in [6.45, 7) is 1.93. The van der Waals surface area contributed by atoms with Crippen LogP contribution in [0.2, 0.25) is 0 Å². The molecule has 9 heteroatoms.